The Labute approximate surface area is 118 Å². The van der Waals surface area contributed by atoms with E-state index in [1.54, 1.807) is 7.11 Å². The Morgan fingerprint density at radius 2 is 2.11 bits per heavy atom. The van der Waals surface area contributed by atoms with Crippen LogP contribution in [-0.2, 0) is 10.2 Å². The Hall–Kier alpha value is -1.14. The van der Waals surface area contributed by atoms with Crippen LogP contribution in [0.1, 0.15) is 43.1 Å². The van der Waals surface area contributed by atoms with E-state index < -0.39 is 5.97 Å². The van der Waals surface area contributed by atoms with E-state index in [0.717, 1.165) is 11.7 Å². The van der Waals surface area contributed by atoms with Crippen LogP contribution in [-0.4, -0.2) is 42.9 Å². The van der Waals surface area contributed by atoms with Crippen LogP contribution in [0.25, 0.3) is 0 Å². The van der Waals surface area contributed by atoms with Gasteiger partial charge in [-0.3, -0.25) is 0 Å². The predicted molar refractivity (Wildman–Crippen MR) is 77.5 cm³/mol. The van der Waals surface area contributed by atoms with Crippen LogP contribution in [0, 0.1) is 0 Å². The van der Waals surface area contributed by atoms with E-state index in [1.165, 1.54) is 11.3 Å². The number of aromatic carboxylic acids is 1. The molecule has 0 radical (unpaired) electrons. The van der Waals surface area contributed by atoms with E-state index in [1.807, 2.05) is 32.6 Å². The first-order valence-electron chi connectivity index (χ1n) is 6.29. The molecule has 19 heavy (non-hydrogen) atoms. The summed E-state index contributed by atoms with van der Waals surface area (Å²) in [5, 5.41) is 10.1. The molecule has 0 atom stereocenters. The standard InChI is InChI=1S/C13H22N2O3S/c1-6-15(7-8-18-5)12-14-10(13(2,3)4)9(19-12)11(16)17/h6-8H2,1-5H3,(H,16,17). The Balaban J connectivity index is 3.12. The number of aromatic nitrogens is 1. The van der Waals surface area contributed by atoms with E-state index in [9.17, 15) is 9.90 Å². The lowest BCUT2D eigenvalue weighted by Crippen LogP contribution is -2.27. The summed E-state index contributed by atoms with van der Waals surface area (Å²) in [6.45, 7) is 10.0. The van der Waals surface area contributed by atoms with E-state index >= 15 is 0 Å². The third-order valence-electron chi connectivity index (χ3n) is 2.74. The Morgan fingerprint density at radius 1 is 1.47 bits per heavy atom. The lowest BCUT2D eigenvalue weighted by atomic mass is 9.91. The third-order valence-corrected chi connectivity index (χ3v) is 3.84. The van der Waals surface area contributed by atoms with Crippen molar-refractivity contribution >= 4 is 22.4 Å². The van der Waals surface area contributed by atoms with E-state index in [4.69, 9.17) is 4.74 Å². The Bertz CT molecular complexity index is 438. The number of carboxylic acid groups (broad SMARTS) is 1. The molecule has 0 aliphatic heterocycles. The van der Waals surface area contributed by atoms with Gasteiger partial charge in [-0.1, -0.05) is 32.1 Å². The molecule has 0 aromatic carbocycles. The molecule has 0 fully saturated rings. The van der Waals surface area contributed by atoms with Crippen molar-refractivity contribution in [1.29, 1.82) is 0 Å². The molecule has 5 nitrogen and oxygen atoms in total. The van der Waals surface area contributed by atoms with Gasteiger partial charge in [0.05, 0.1) is 12.3 Å². The molecule has 1 N–H and O–H groups in total. The lowest BCUT2D eigenvalue weighted by Gasteiger charge is -2.20. The minimum absolute atomic E-state index is 0.275. The maximum absolute atomic E-state index is 11.3. The molecule has 108 valence electrons. The highest BCUT2D eigenvalue weighted by atomic mass is 32.1. The zero-order valence-electron chi connectivity index (χ0n) is 12.2. The molecule has 0 unspecified atom stereocenters. The normalized spacial score (nSPS) is 11.6. The van der Waals surface area contributed by atoms with Crippen LogP contribution in [0.4, 0.5) is 5.13 Å². The van der Waals surface area contributed by atoms with Gasteiger partial charge in [-0.25, -0.2) is 9.78 Å². The molecule has 1 aromatic heterocycles. The van der Waals surface area contributed by atoms with Crippen molar-refractivity contribution in [2.45, 2.75) is 33.1 Å². The monoisotopic (exact) mass is 286 g/mol. The molecule has 0 spiro atoms. The molecule has 0 amide bonds. The van der Waals surface area contributed by atoms with Gasteiger partial charge >= 0.3 is 5.97 Å². The first kappa shape index (κ1) is 15.9. The van der Waals surface area contributed by atoms with Gasteiger partial charge in [0.2, 0.25) is 0 Å². The second kappa shape index (κ2) is 6.34. The second-order valence-electron chi connectivity index (χ2n) is 5.30. The van der Waals surface area contributed by atoms with Crippen molar-refractivity contribution in [2.75, 3.05) is 31.7 Å². The van der Waals surface area contributed by atoms with Gasteiger partial charge in [0.25, 0.3) is 0 Å². The van der Waals surface area contributed by atoms with Crippen molar-refractivity contribution < 1.29 is 14.6 Å². The number of hydrogen-bond donors (Lipinski definition) is 1. The van der Waals surface area contributed by atoms with Crippen LogP contribution in [0.3, 0.4) is 0 Å². The fourth-order valence-corrected chi connectivity index (χ4v) is 2.89. The maximum atomic E-state index is 11.3. The average molecular weight is 286 g/mol. The summed E-state index contributed by atoms with van der Waals surface area (Å²) in [7, 11) is 1.65. The number of ether oxygens (including phenoxy) is 1. The number of hydrogen-bond acceptors (Lipinski definition) is 5. The van der Waals surface area contributed by atoms with Gasteiger partial charge in [0, 0.05) is 25.6 Å². The van der Waals surface area contributed by atoms with Crippen molar-refractivity contribution in [3.63, 3.8) is 0 Å². The number of carboxylic acids is 1. The zero-order valence-corrected chi connectivity index (χ0v) is 13.0. The molecule has 0 bridgehead atoms. The molecule has 0 aliphatic rings. The quantitative estimate of drug-likeness (QED) is 0.871. The molecule has 1 rings (SSSR count). The number of carbonyl (C=O) groups is 1. The summed E-state index contributed by atoms with van der Waals surface area (Å²) in [6.07, 6.45) is 0. The van der Waals surface area contributed by atoms with Crippen molar-refractivity contribution in [3.05, 3.63) is 10.6 Å². The summed E-state index contributed by atoms with van der Waals surface area (Å²) >= 11 is 1.24. The zero-order chi connectivity index (χ0) is 14.6. The summed E-state index contributed by atoms with van der Waals surface area (Å²) in [5.74, 6) is -0.906. The summed E-state index contributed by atoms with van der Waals surface area (Å²) in [4.78, 5) is 18.2. The highest BCUT2D eigenvalue weighted by Crippen LogP contribution is 2.33. The number of methoxy groups -OCH3 is 1. The van der Waals surface area contributed by atoms with E-state index in [-0.39, 0.29) is 5.41 Å². The summed E-state index contributed by atoms with van der Waals surface area (Å²) in [5.41, 5.74) is 0.374. The Kier molecular flexibility index (Phi) is 5.31. The van der Waals surface area contributed by atoms with Crippen LogP contribution < -0.4 is 4.90 Å². The lowest BCUT2D eigenvalue weighted by molar-refractivity contribution is 0.0699. The number of rotatable bonds is 6. The van der Waals surface area contributed by atoms with Crippen molar-refractivity contribution in [2.24, 2.45) is 0 Å². The third kappa shape index (κ3) is 3.91. The molecule has 0 aliphatic carbocycles. The fraction of sp³-hybridized carbons (Fsp3) is 0.692. The van der Waals surface area contributed by atoms with E-state index in [0.29, 0.717) is 23.7 Å². The number of likely N-dealkylation sites (N-methyl/N-ethyl adjacent to an activating group) is 1. The fourth-order valence-electron chi connectivity index (χ4n) is 1.69. The SMILES string of the molecule is CCN(CCOC)c1nc(C(C)(C)C)c(C(=O)O)s1. The second-order valence-corrected chi connectivity index (χ2v) is 6.28. The van der Waals surface area contributed by atoms with Gasteiger partial charge in [-0.2, -0.15) is 0 Å². The molecule has 0 saturated heterocycles. The van der Waals surface area contributed by atoms with Gasteiger partial charge in [0.15, 0.2) is 5.13 Å². The van der Waals surface area contributed by atoms with Gasteiger partial charge in [-0.15, -0.1) is 0 Å². The van der Waals surface area contributed by atoms with Crippen LogP contribution in [0.5, 0.6) is 0 Å². The largest absolute Gasteiger partial charge is 0.477 e. The molecular formula is C13H22N2O3S. The summed E-state index contributed by atoms with van der Waals surface area (Å²) in [6, 6.07) is 0. The molecular weight excluding hydrogens is 264 g/mol. The topological polar surface area (TPSA) is 62.7 Å². The minimum Gasteiger partial charge on any atom is -0.477 e. The first-order valence-corrected chi connectivity index (χ1v) is 7.11. The molecule has 1 heterocycles. The molecule has 6 heteroatoms. The van der Waals surface area contributed by atoms with Crippen LogP contribution in [0.2, 0.25) is 0 Å². The van der Waals surface area contributed by atoms with Gasteiger partial charge in [0.1, 0.15) is 4.88 Å². The highest BCUT2D eigenvalue weighted by Gasteiger charge is 2.28. The maximum Gasteiger partial charge on any atom is 0.347 e. The first-order chi connectivity index (χ1) is 8.81. The van der Waals surface area contributed by atoms with Crippen LogP contribution in [0.15, 0.2) is 0 Å². The molecule has 0 saturated carbocycles. The number of anilines is 1. The average Bonchev–Trinajstić information content (AvgIpc) is 2.75. The minimum atomic E-state index is -0.906. The Morgan fingerprint density at radius 3 is 2.47 bits per heavy atom. The number of thiazole rings is 1. The smallest absolute Gasteiger partial charge is 0.347 e. The van der Waals surface area contributed by atoms with Gasteiger partial charge in [-0.05, 0) is 6.92 Å². The predicted octanol–water partition coefficient (Wildman–Crippen LogP) is 2.61. The highest BCUT2D eigenvalue weighted by molar-refractivity contribution is 7.17. The van der Waals surface area contributed by atoms with Crippen molar-refractivity contribution in [3.8, 4) is 0 Å². The number of nitrogens with zero attached hydrogens (tertiary/aromatic N) is 2. The van der Waals surface area contributed by atoms with Crippen molar-refractivity contribution in [1.82, 2.24) is 4.98 Å². The molecule has 1 aromatic rings. The van der Waals surface area contributed by atoms with Crippen LogP contribution >= 0.6 is 11.3 Å². The van der Waals surface area contributed by atoms with Gasteiger partial charge < -0.3 is 14.7 Å². The van der Waals surface area contributed by atoms with E-state index in [2.05, 4.69) is 4.98 Å². The summed E-state index contributed by atoms with van der Waals surface area (Å²) < 4.78 is 5.07.